The second-order valence-corrected chi connectivity index (χ2v) is 10.3. The van der Waals surface area contributed by atoms with Gasteiger partial charge >= 0.3 is 0 Å². The van der Waals surface area contributed by atoms with Crippen molar-refractivity contribution >= 4 is 39.8 Å². The number of carbonyl (C=O) groups excluding carboxylic acids is 2. The zero-order chi connectivity index (χ0) is 24.9. The molecule has 0 radical (unpaired) electrons. The van der Waals surface area contributed by atoms with Crippen LogP contribution in [0.2, 0.25) is 5.02 Å². The van der Waals surface area contributed by atoms with E-state index < -0.39 is 11.5 Å². The molecule has 0 spiro atoms. The zero-order valence-electron chi connectivity index (χ0n) is 19.8. The van der Waals surface area contributed by atoms with Crippen LogP contribution in [0.5, 0.6) is 0 Å². The molecule has 0 saturated carbocycles. The Morgan fingerprint density at radius 2 is 1.69 bits per heavy atom. The van der Waals surface area contributed by atoms with E-state index >= 15 is 0 Å². The van der Waals surface area contributed by atoms with E-state index in [1.165, 1.54) is 17.5 Å². The van der Waals surface area contributed by atoms with Crippen LogP contribution in [0.4, 0.5) is 5.69 Å². The zero-order valence-corrected chi connectivity index (χ0v) is 20.6. The summed E-state index contributed by atoms with van der Waals surface area (Å²) >= 11 is 6.29. The predicted octanol–water partition coefficient (Wildman–Crippen LogP) is 6.38. The maximum Gasteiger partial charge on any atom is 0.264 e. The summed E-state index contributed by atoms with van der Waals surface area (Å²) in [6.07, 6.45) is 3.93. The average Bonchev–Trinajstić information content (AvgIpc) is 3.09. The number of hydrogen-bond acceptors (Lipinski definition) is 3. The van der Waals surface area contributed by atoms with E-state index in [4.69, 9.17) is 11.6 Å². The third-order valence-electron chi connectivity index (χ3n) is 7.59. The van der Waals surface area contributed by atoms with Crippen LogP contribution in [-0.4, -0.2) is 16.8 Å². The molecule has 1 unspecified atom stereocenters. The van der Waals surface area contributed by atoms with E-state index in [9.17, 15) is 14.7 Å². The third-order valence-corrected chi connectivity index (χ3v) is 7.82. The summed E-state index contributed by atoms with van der Waals surface area (Å²) in [5, 5.41) is 14.3. The van der Waals surface area contributed by atoms with Gasteiger partial charge in [0.15, 0.2) is 11.4 Å². The number of anilines is 1. The molecular weight excluding hydrogens is 470 g/mol. The lowest BCUT2D eigenvalue weighted by Crippen LogP contribution is -2.41. The van der Waals surface area contributed by atoms with Crippen LogP contribution in [0, 0.1) is 0 Å². The number of hydrogen-bond donors (Lipinski definition) is 1. The van der Waals surface area contributed by atoms with Gasteiger partial charge in [-0.25, -0.2) is 0 Å². The molecule has 5 heteroatoms. The van der Waals surface area contributed by atoms with Gasteiger partial charge < -0.3 is 10.0 Å². The maximum absolute atomic E-state index is 13.8. The van der Waals surface area contributed by atoms with E-state index in [1.807, 2.05) is 60.7 Å². The molecule has 36 heavy (non-hydrogen) atoms. The summed E-state index contributed by atoms with van der Waals surface area (Å²) in [4.78, 5) is 28.8. The van der Waals surface area contributed by atoms with Crippen LogP contribution in [0.3, 0.4) is 0 Å². The lowest BCUT2D eigenvalue weighted by atomic mass is 9.85. The first kappa shape index (κ1) is 23.0. The van der Waals surface area contributed by atoms with Gasteiger partial charge in [0, 0.05) is 16.1 Å². The van der Waals surface area contributed by atoms with Crippen molar-refractivity contribution in [1.29, 1.82) is 0 Å². The number of aliphatic hydroxyl groups is 1. The van der Waals surface area contributed by atoms with Gasteiger partial charge in [-0.1, -0.05) is 66.2 Å². The molecule has 1 heterocycles. The molecule has 4 aromatic rings. The van der Waals surface area contributed by atoms with Gasteiger partial charge in [-0.3, -0.25) is 9.59 Å². The Morgan fingerprint density at radius 3 is 2.56 bits per heavy atom. The first-order valence-electron chi connectivity index (χ1n) is 12.4. The molecular formula is C31H26ClNO3. The fraction of sp³-hybridized carbons (Fsp3) is 0.226. The second-order valence-electron chi connectivity index (χ2n) is 9.84. The van der Waals surface area contributed by atoms with Gasteiger partial charge in [0.1, 0.15) is 0 Å². The SMILES string of the molecule is O=C(CC1(O)C(=O)N(Cc2cccc3ccccc23)c2ccc(Cl)cc21)c1ccc2c(c1)CCCC2. The molecule has 2 aliphatic rings. The standard InChI is InChI=1S/C31H26ClNO3/c32-25-14-15-28-27(17-25)31(36,18-29(34)23-13-12-20-6-1-2-8-22(20)16-23)30(35)33(28)19-24-10-5-9-21-7-3-4-11-26(21)24/h3-5,7,9-17,36H,1-2,6,8,18-19H2. The second kappa shape index (κ2) is 8.88. The fourth-order valence-electron chi connectivity index (χ4n) is 5.69. The quantitative estimate of drug-likeness (QED) is 0.327. The molecule has 1 aliphatic carbocycles. The number of Topliss-reactive ketones (excluding diaryl/α,β-unsaturated/α-hetero) is 1. The largest absolute Gasteiger partial charge is 0.375 e. The van der Waals surface area contributed by atoms with E-state index in [-0.39, 0.29) is 18.7 Å². The first-order valence-corrected chi connectivity index (χ1v) is 12.8. The van der Waals surface area contributed by atoms with Gasteiger partial charge in [-0.05, 0) is 77.4 Å². The molecule has 180 valence electrons. The highest BCUT2D eigenvalue weighted by Crippen LogP contribution is 2.45. The molecule has 0 saturated heterocycles. The number of aryl methyl sites for hydroxylation is 2. The molecule has 0 aromatic heterocycles. The van der Waals surface area contributed by atoms with Crippen molar-refractivity contribution < 1.29 is 14.7 Å². The maximum atomic E-state index is 13.8. The summed E-state index contributed by atoms with van der Waals surface area (Å²) in [5.74, 6) is -0.754. The summed E-state index contributed by atoms with van der Waals surface area (Å²) in [5.41, 5.74) is 2.97. The topological polar surface area (TPSA) is 57.6 Å². The minimum absolute atomic E-state index is 0.253. The summed E-state index contributed by atoms with van der Waals surface area (Å²) < 4.78 is 0. The Hall–Kier alpha value is -3.47. The number of halogens is 1. The Bertz CT molecular complexity index is 1520. The minimum Gasteiger partial charge on any atom is -0.375 e. The monoisotopic (exact) mass is 495 g/mol. The lowest BCUT2D eigenvalue weighted by molar-refractivity contribution is -0.136. The fourth-order valence-corrected chi connectivity index (χ4v) is 5.86. The number of ketones is 1. The smallest absolute Gasteiger partial charge is 0.264 e. The molecule has 6 rings (SSSR count). The van der Waals surface area contributed by atoms with Crippen LogP contribution in [0.15, 0.2) is 78.9 Å². The number of carbonyl (C=O) groups is 2. The van der Waals surface area contributed by atoms with Crippen molar-refractivity contribution in [2.75, 3.05) is 4.90 Å². The van der Waals surface area contributed by atoms with E-state index in [0.29, 0.717) is 21.8 Å². The van der Waals surface area contributed by atoms with Crippen molar-refractivity contribution in [2.24, 2.45) is 0 Å². The predicted molar refractivity (Wildman–Crippen MR) is 143 cm³/mol. The number of benzene rings is 4. The Kier molecular flexibility index (Phi) is 5.66. The highest BCUT2D eigenvalue weighted by atomic mass is 35.5. The summed E-state index contributed by atoms with van der Waals surface area (Å²) in [6, 6.07) is 24.8. The molecule has 1 aliphatic heterocycles. The summed E-state index contributed by atoms with van der Waals surface area (Å²) in [6.45, 7) is 0.282. The number of nitrogens with zero attached hydrogens (tertiary/aromatic N) is 1. The van der Waals surface area contributed by atoms with Crippen molar-refractivity contribution in [3.63, 3.8) is 0 Å². The van der Waals surface area contributed by atoms with Crippen molar-refractivity contribution in [1.82, 2.24) is 0 Å². The van der Waals surface area contributed by atoms with Crippen LogP contribution in [-0.2, 0) is 29.8 Å². The molecule has 4 nitrogen and oxygen atoms in total. The van der Waals surface area contributed by atoms with E-state index in [1.54, 1.807) is 23.1 Å². The van der Waals surface area contributed by atoms with Crippen LogP contribution in [0.1, 0.15) is 51.9 Å². The Labute approximate surface area is 215 Å². The van der Waals surface area contributed by atoms with Crippen molar-refractivity contribution in [3.8, 4) is 0 Å². The minimum atomic E-state index is -1.97. The van der Waals surface area contributed by atoms with Gasteiger partial charge in [-0.15, -0.1) is 0 Å². The van der Waals surface area contributed by atoms with Gasteiger partial charge in [-0.2, -0.15) is 0 Å². The molecule has 0 fully saturated rings. The molecule has 0 bridgehead atoms. The van der Waals surface area contributed by atoms with Gasteiger partial charge in [0.05, 0.1) is 18.7 Å². The van der Waals surface area contributed by atoms with Crippen molar-refractivity contribution in [2.45, 2.75) is 44.2 Å². The molecule has 1 N–H and O–H groups in total. The Morgan fingerprint density at radius 1 is 0.917 bits per heavy atom. The average molecular weight is 496 g/mol. The van der Waals surface area contributed by atoms with Gasteiger partial charge in [0.25, 0.3) is 5.91 Å². The lowest BCUT2D eigenvalue weighted by Gasteiger charge is -2.24. The number of amides is 1. The van der Waals surface area contributed by atoms with E-state index in [2.05, 4.69) is 0 Å². The van der Waals surface area contributed by atoms with Crippen LogP contribution >= 0.6 is 11.6 Å². The normalized spacial score (nSPS) is 18.8. The van der Waals surface area contributed by atoms with Crippen LogP contribution < -0.4 is 4.90 Å². The summed E-state index contributed by atoms with van der Waals surface area (Å²) in [7, 11) is 0. The number of fused-ring (bicyclic) bond motifs is 3. The van der Waals surface area contributed by atoms with Crippen LogP contribution in [0.25, 0.3) is 10.8 Å². The first-order chi connectivity index (χ1) is 17.4. The third kappa shape index (κ3) is 3.82. The highest BCUT2D eigenvalue weighted by Gasteiger charge is 2.51. The van der Waals surface area contributed by atoms with E-state index in [0.717, 1.165) is 35.6 Å². The molecule has 1 atom stereocenters. The van der Waals surface area contributed by atoms with Crippen molar-refractivity contribution in [3.05, 3.63) is 112 Å². The Balaban J connectivity index is 1.36. The molecule has 1 amide bonds. The number of rotatable bonds is 5. The van der Waals surface area contributed by atoms with Gasteiger partial charge in [0.2, 0.25) is 0 Å². The highest BCUT2D eigenvalue weighted by molar-refractivity contribution is 6.31. The molecule has 4 aromatic carbocycles.